The van der Waals surface area contributed by atoms with E-state index in [1.807, 2.05) is 44.2 Å². The number of ether oxygens (including phenoxy) is 2. The molecular formula is C23H30FN3O3. The predicted octanol–water partition coefficient (Wildman–Crippen LogP) is 6.07. The van der Waals surface area contributed by atoms with Crippen LogP contribution in [0.1, 0.15) is 39.7 Å². The maximum absolute atomic E-state index is 12.0. The van der Waals surface area contributed by atoms with Gasteiger partial charge < -0.3 is 14.4 Å². The molecule has 2 aromatic rings. The summed E-state index contributed by atoms with van der Waals surface area (Å²) in [5.74, 6) is 0.523. The maximum atomic E-state index is 12.0. The zero-order chi connectivity index (χ0) is 22.4. The molecule has 0 aliphatic rings. The number of allylic oxidation sites excluding steroid dienone is 3. The molecule has 0 unspecified atom stereocenters. The van der Waals surface area contributed by atoms with Gasteiger partial charge in [-0.2, -0.15) is 0 Å². The highest BCUT2D eigenvalue weighted by Gasteiger charge is 2.14. The Kier molecular flexibility index (Phi) is 11.5. The first-order valence-corrected chi connectivity index (χ1v) is 9.66. The van der Waals surface area contributed by atoms with E-state index in [9.17, 15) is 9.18 Å². The van der Waals surface area contributed by atoms with Gasteiger partial charge in [0.2, 0.25) is 0 Å². The van der Waals surface area contributed by atoms with Crippen LogP contribution in [-0.4, -0.2) is 34.6 Å². The van der Waals surface area contributed by atoms with Crippen molar-refractivity contribution in [1.29, 1.82) is 0 Å². The van der Waals surface area contributed by atoms with E-state index in [2.05, 4.69) is 9.97 Å². The van der Waals surface area contributed by atoms with Crippen molar-refractivity contribution >= 4 is 6.09 Å². The Labute approximate surface area is 178 Å². The summed E-state index contributed by atoms with van der Waals surface area (Å²) in [6.45, 7) is 8.21. The van der Waals surface area contributed by atoms with Crippen LogP contribution in [0.5, 0.6) is 11.8 Å². The molecule has 1 heterocycles. The molecule has 0 aliphatic heterocycles. The number of rotatable bonds is 7. The zero-order valence-electron chi connectivity index (χ0n) is 18.3. The van der Waals surface area contributed by atoms with Gasteiger partial charge >= 0.3 is 12.1 Å². The molecule has 0 aliphatic carbocycles. The van der Waals surface area contributed by atoms with Gasteiger partial charge in [0.05, 0.1) is 12.9 Å². The smallest absolute Gasteiger partial charge is 0.409 e. The van der Waals surface area contributed by atoms with Crippen molar-refractivity contribution in [3.8, 4) is 11.8 Å². The Bertz CT molecular complexity index is 817. The minimum absolute atomic E-state index is 0.120. The number of amides is 1. The molecule has 7 heteroatoms. The van der Waals surface area contributed by atoms with Gasteiger partial charge in [0.25, 0.3) is 0 Å². The Morgan fingerprint density at radius 3 is 2.20 bits per heavy atom. The summed E-state index contributed by atoms with van der Waals surface area (Å²) < 4.78 is 21.7. The van der Waals surface area contributed by atoms with Crippen molar-refractivity contribution < 1.29 is 18.7 Å². The van der Waals surface area contributed by atoms with Crippen LogP contribution >= 0.6 is 0 Å². The number of nitrogens with zero attached hydrogens (tertiary/aromatic N) is 3. The molecule has 0 atom stereocenters. The van der Waals surface area contributed by atoms with E-state index < -0.39 is 0 Å². The molecule has 6 nitrogen and oxygen atoms in total. The largest absolute Gasteiger partial charge is 0.453 e. The lowest BCUT2D eigenvalue weighted by Gasteiger charge is -2.21. The summed E-state index contributed by atoms with van der Waals surface area (Å²) in [5.41, 5.74) is 2.23. The van der Waals surface area contributed by atoms with Crippen LogP contribution in [0.25, 0.3) is 0 Å². The normalized spacial score (nSPS) is 11.3. The standard InChI is InChI=1S/C19H23N3O3.C4H7F/c1-4-15(2)10-13-22(19(23)24-3)14-16-6-8-17(9-7-16)25-18-20-11-5-12-21-18;1-3-4(2)5/h4-9,11-12H,10,13-14H2,1-3H3;3H,1-2H3/b15-4+;4-3+. The highest BCUT2D eigenvalue weighted by atomic mass is 19.1. The van der Waals surface area contributed by atoms with Gasteiger partial charge in [-0.05, 0) is 57.9 Å². The summed E-state index contributed by atoms with van der Waals surface area (Å²) in [5, 5.41) is 0. The molecule has 1 amide bonds. The first-order chi connectivity index (χ1) is 14.4. The molecule has 0 saturated heterocycles. The summed E-state index contributed by atoms with van der Waals surface area (Å²) in [6, 6.07) is 9.52. The highest BCUT2D eigenvalue weighted by Crippen LogP contribution is 2.19. The Morgan fingerprint density at radius 2 is 1.70 bits per heavy atom. The second kappa shape index (κ2) is 13.9. The SMILES string of the molecule is C/C=C(\C)CCN(Cc1ccc(Oc2ncccn2)cc1)C(=O)OC.C/C=C(\C)F. The van der Waals surface area contributed by atoms with Crippen molar-refractivity contribution in [3.05, 3.63) is 71.8 Å². The first-order valence-electron chi connectivity index (χ1n) is 9.66. The van der Waals surface area contributed by atoms with Gasteiger partial charge in [-0.15, -0.1) is 0 Å². The second-order valence-corrected chi connectivity index (χ2v) is 6.43. The van der Waals surface area contributed by atoms with Crippen LogP contribution in [-0.2, 0) is 11.3 Å². The van der Waals surface area contributed by atoms with Gasteiger partial charge in [0, 0.05) is 25.5 Å². The number of carbonyl (C=O) groups is 1. The molecular weight excluding hydrogens is 385 g/mol. The van der Waals surface area contributed by atoms with Gasteiger partial charge in [-0.25, -0.2) is 19.2 Å². The van der Waals surface area contributed by atoms with Gasteiger partial charge in [0.15, 0.2) is 0 Å². The summed E-state index contributed by atoms with van der Waals surface area (Å²) in [4.78, 5) is 21.7. The number of halogens is 1. The van der Waals surface area contributed by atoms with Crippen LogP contribution in [0.4, 0.5) is 9.18 Å². The monoisotopic (exact) mass is 415 g/mol. The third-order valence-electron chi connectivity index (χ3n) is 4.15. The summed E-state index contributed by atoms with van der Waals surface area (Å²) >= 11 is 0. The molecule has 0 N–H and O–H groups in total. The average molecular weight is 416 g/mol. The van der Waals surface area contributed by atoms with E-state index in [1.54, 1.807) is 30.3 Å². The number of hydrogen-bond donors (Lipinski definition) is 0. The Hall–Kier alpha value is -3.22. The van der Waals surface area contributed by atoms with E-state index >= 15 is 0 Å². The van der Waals surface area contributed by atoms with E-state index in [0.29, 0.717) is 24.8 Å². The van der Waals surface area contributed by atoms with E-state index in [1.165, 1.54) is 25.7 Å². The number of carbonyl (C=O) groups excluding carboxylic acids is 1. The van der Waals surface area contributed by atoms with Crippen molar-refractivity contribution in [2.45, 2.75) is 40.7 Å². The van der Waals surface area contributed by atoms with E-state index in [-0.39, 0.29) is 11.9 Å². The Morgan fingerprint density at radius 1 is 1.10 bits per heavy atom. The van der Waals surface area contributed by atoms with Crippen LogP contribution in [0.2, 0.25) is 0 Å². The van der Waals surface area contributed by atoms with Crippen molar-refractivity contribution in [2.75, 3.05) is 13.7 Å². The van der Waals surface area contributed by atoms with Crippen LogP contribution in [0.15, 0.2) is 66.3 Å². The molecule has 30 heavy (non-hydrogen) atoms. The van der Waals surface area contributed by atoms with Crippen LogP contribution in [0.3, 0.4) is 0 Å². The molecule has 0 fully saturated rings. The molecule has 0 radical (unpaired) electrons. The number of aromatic nitrogens is 2. The van der Waals surface area contributed by atoms with Crippen LogP contribution < -0.4 is 4.74 Å². The van der Waals surface area contributed by atoms with Crippen molar-refractivity contribution in [2.24, 2.45) is 0 Å². The lowest BCUT2D eigenvalue weighted by atomic mass is 10.1. The molecule has 2 rings (SSSR count). The number of hydrogen-bond acceptors (Lipinski definition) is 5. The van der Waals surface area contributed by atoms with E-state index in [0.717, 1.165) is 12.0 Å². The fraction of sp³-hybridized carbons (Fsp3) is 0.348. The lowest BCUT2D eigenvalue weighted by molar-refractivity contribution is 0.121. The van der Waals surface area contributed by atoms with E-state index in [4.69, 9.17) is 9.47 Å². The maximum Gasteiger partial charge on any atom is 0.409 e. The quantitative estimate of drug-likeness (QED) is 0.513. The van der Waals surface area contributed by atoms with Crippen LogP contribution in [0, 0.1) is 0 Å². The molecule has 0 saturated carbocycles. The number of benzene rings is 1. The topological polar surface area (TPSA) is 64.5 Å². The fourth-order valence-electron chi connectivity index (χ4n) is 2.15. The summed E-state index contributed by atoms with van der Waals surface area (Å²) in [7, 11) is 1.40. The van der Waals surface area contributed by atoms with Gasteiger partial charge in [-0.3, -0.25) is 0 Å². The number of methoxy groups -OCH3 is 1. The lowest BCUT2D eigenvalue weighted by Crippen LogP contribution is -2.31. The zero-order valence-corrected chi connectivity index (χ0v) is 18.3. The highest BCUT2D eigenvalue weighted by molar-refractivity contribution is 5.67. The average Bonchev–Trinajstić information content (AvgIpc) is 2.78. The molecule has 0 spiro atoms. The minimum atomic E-state index is -0.332. The Balaban J connectivity index is 0.000000804. The first kappa shape index (κ1) is 24.8. The fourth-order valence-corrected chi connectivity index (χ4v) is 2.15. The molecule has 162 valence electrons. The third kappa shape index (κ3) is 9.82. The molecule has 1 aromatic carbocycles. The second-order valence-electron chi connectivity index (χ2n) is 6.43. The minimum Gasteiger partial charge on any atom is -0.453 e. The van der Waals surface area contributed by atoms with Crippen molar-refractivity contribution in [1.82, 2.24) is 14.9 Å². The molecule has 0 bridgehead atoms. The predicted molar refractivity (Wildman–Crippen MR) is 116 cm³/mol. The van der Waals surface area contributed by atoms with Crippen molar-refractivity contribution in [3.63, 3.8) is 0 Å². The van der Waals surface area contributed by atoms with Gasteiger partial charge in [0.1, 0.15) is 5.75 Å². The summed E-state index contributed by atoms with van der Waals surface area (Å²) in [6.07, 6.45) is 7.20. The molecule has 1 aromatic heterocycles. The third-order valence-corrected chi connectivity index (χ3v) is 4.15. The van der Waals surface area contributed by atoms with Gasteiger partial charge in [-0.1, -0.05) is 29.9 Å².